The summed E-state index contributed by atoms with van der Waals surface area (Å²) in [5.41, 5.74) is 0.877. The number of aromatic nitrogens is 2. The van der Waals surface area contributed by atoms with Gasteiger partial charge in [0.1, 0.15) is 0 Å². The van der Waals surface area contributed by atoms with E-state index in [0.717, 1.165) is 30.9 Å². The van der Waals surface area contributed by atoms with Gasteiger partial charge in [-0.15, -0.1) is 0 Å². The topological polar surface area (TPSA) is 59.2 Å². The molecular weight excluding hydrogens is 362 g/mol. The molecule has 4 rings (SSSR count). The van der Waals surface area contributed by atoms with Crippen LogP contribution in [0.5, 0.6) is 0 Å². The number of halogens is 1. The fraction of sp³-hybridized carbons (Fsp3) is 0.571. The van der Waals surface area contributed by atoms with Gasteiger partial charge in [0.2, 0.25) is 17.6 Å². The molecule has 1 saturated heterocycles. The Bertz CT molecular complexity index is 772. The third-order valence-corrected chi connectivity index (χ3v) is 6.17. The number of nitrogens with zero attached hydrogens (tertiary/aromatic N) is 3. The largest absolute Gasteiger partial charge is 0.339 e. The summed E-state index contributed by atoms with van der Waals surface area (Å²) in [7, 11) is 0. The molecule has 2 atom stereocenters. The molecule has 0 spiro atoms. The standard InChI is InChI=1S/C21H26ClN3O2/c22-17-12-10-16(11-13-17)21-23-19(27-24-21)8-3-9-20(26)25-14-4-6-15-5-1-2-7-18(15)25/h10-13,15,18H,1-9,14H2/t15-,18+/m0/s1. The SMILES string of the molecule is O=C(CCCc1nc(-c2ccc(Cl)cc2)no1)N1CCC[C@@H]2CCCC[C@H]21. The van der Waals surface area contributed by atoms with Crippen LogP contribution in [0.25, 0.3) is 11.4 Å². The van der Waals surface area contributed by atoms with E-state index >= 15 is 0 Å². The van der Waals surface area contributed by atoms with E-state index in [9.17, 15) is 4.79 Å². The Balaban J connectivity index is 1.29. The molecule has 144 valence electrons. The lowest BCUT2D eigenvalue weighted by Crippen LogP contribution is -2.49. The van der Waals surface area contributed by atoms with Crippen LogP contribution < -0.4 is 0 Å². The van der Waals surface area contributed by atoms with Crippen molar-refractivity contribution in [3.8, 4) is 11.4 Å². The molecule has 1 aliphatic carbocycles. The van der Waals surface area contributed by atoms with Gasteiger partial charge < -0.3 is 9.42 Å². The summed E-state index contributed by atoms with van der Waals surface area (Å²) >= 11 is 5.91. The number of fused-ring (bicyclic) bond motifs is 1. The molecule has 1 aliphatic heterocycles. The Labute approximate surface area is 165 Å². The number of rotatable bonds is 5. The Morgan fingerprint density at radius 3 is 2.78 bits per heavy atom. The predicted molar refractivity (Wildman–Crippen MR) is 104 cm³/mol. The molecule has 27 heavy (non-hydrogen) atoms. The molecule has 2 aliphatic rings. The molecule has 0 unspecified atom stereocenters. The van der Waals surface area contributed by atoms with E-state index < -0.39 is 0 Å². The van der Waals surface area contributed by atoms with Gasteiger partial charge in [0.25, 0.3) is 0 Å². The molecule has 2 fully saturated rings. The number of benzene rings is 1. The highest BCUT2D eigenvalue weighted by molar-refractivity contribution is 6.30. The highest BCUT2D eigenvalue weighted by Gasteiger charge is 2.35. The van der Waals surface area contributed by atoms with Crippen molar-refractivity contribution < 1.29 is 9.32 Å². The summed E-state index contributed by atoms with van der Waals surface area (Å²) in [5.74, 6) is 2.18. The molecule has 6 heteroatoms. The molecule has 1 saturated carbocycles. The lowest BCUT2D eigenvalue weighted by Gasteiger charge is -2.44. The average molecular weight is 388 g/mol. The Hall–Kier alpha value is -1.88. The number of carbonyl (C=O) groups is 1. The van der Waals surface area contributed by atoms with Gasteiger partial charge in [0.15, 0.2) is 0 Å². The van der Waals surface area contributed by atoms with Crippen LogP contribution in [0.1, 0.15) is 57.3 Å². The van der Waals surface area contributed by atoms with E-state index in [1.165, 1.54) is 32.1 Å². The van der Waals surface area contributed by atoms with Crippen LogP contribution >= 0.6 is 11.6 Å². The molecule has 1 aromatic heterocycles. The van der Waals surface area contributed by atoms with Crippen molar-refractivity contribution in [3.63, 3.8) is 0 Å². The zero-order valence-corrected chi connectivity index (χ0v) is 16.3. The van der Waals surface area contributed by atoms with Crippen molar-refractivity contribution in [2.24, 2.45) is 5.92 Å². The summed E-state index contributed by atoms with van der Waals surface area (Å²) < 4.78 is 5.34. The van der Waals surface area contributed by atoms with E-state index in [4.69, 9.17) is 16.1 Å². The fourth-order valence-electron chi connectivity index (χ4n) is 4.54. The number of likely N-dealkylation sites (tertiary alicyclic amines) is 1. The second-order valence-corrected chi connectivity index (χ2v) is 8.15. The maximum Gasteiger partial charge on any atom is 0.226 e. The fourth-order valence-corrected chi connectivity index (χ4v) is 4.67. The summed E-state index contributed by atoms with van der Waals surface area (Å²) in [4.78, 5) is 19.4. The zero-order chi connectivity index (χ0) is 18.6. The van der Waals surface area contributed by atoms with Gasteiger partial charge in [0.05, 0.1) is 0 Å². The van der Waals surface area contributed by atoms with Gasteiger partial charge in [-0.3, -0.25) is 4.79 Å². The van der Waals surface area contributed by atoms with Gasteiger partial charge in [0, 0.05) is 36.0 Å². The lowest BCUT2D eigenvalue weighted by atomic mass is 9.78. The monoisotopic (exact) mass is 387 g/mol. The van der Waals surface area contributed by atoms with Crippen LogP contribution in [0.4, 0.5) is 0 Å². The smallest absolute Gasteiger partial charge is 0.226 e. The van der Waals surface area contributed by atoms with Crippen LogP contribution in [-0.2, 0) is 11.2 Å². The molecule has 0 bridgehead atoms. The van der Waals surface area contributed by atoms with Gasteiger partial charge in [-0.25, -0.2) is 0 Å². The third-order valence-electron chi connectivity index (χ3n) is 5.92. The maximum atomic E-state index is 12.7. The van der Waals surface area contributed by atoms with Crippen molar-refractivity contribution in [1.29, 1.82) is 0 Å². The normalized spacial score (nSPS) is 22.5. The first kappa shape index (κ1) is 18.5. The highest BCUT2D eigenvalue weighted by Crippen LogP contribution is 2.35. The minimum Gasteiger partial charge on any atom is -0.339 e. The molecule has 1 aromatic carbocycles. The van der Waals surface area contributed by atoms with Crippen molar-refractivity contribution >= 4 is 17.5 Å². The van der Waals surface area contributed by atoms with E-state index in [-0.39, 0.29) is 0 Å². The number of amides is 1. The van der Waals surface area contributed by atoms with Crippen LogP contribution in [0.15, 0.2) is 28.8 Å². The molecule has 5 nitrogen and oxygen atoms in total. The van der Waals surface area contributed by atoms with Gasteiger partial charge in [-0.1, -0.05) is 29.6 Å². The minimum atomic E-state index is 0.295. The Morgan fingerprint density at radius 1 is 1.15 bits per heavy atom. The van der Waals surface area contributed by atoms with Crippen molar-refractivity contribution in [1.82, 2.24) is 15.0 Å². The Morgan fingerprint density at radius 2 is 1.93 bits per heavy atom. The Kier molecular flexibility index (Phi) is 5.77. The van der Waals surface area contributed by atoms with E-state index in [2.05, 4.69) is 15.0 Å². The molecule has 2 heterocycles. The van der Waals surface area contributed by atoms with Gasteiger partial charge >= 0.3 is 0 Å². The number of hydrogen-bond acceptors (Lipinski definition) is 4. The maximum absolute atomic E-state index is 12.7. The van der Waals surface area contributed by atoms with E-state index in [0.29, 0.717) is 41.5 Å². The molecular formula is C21H26ClN3O2. The minimum absolute atomic E-state index is 0.295. The molecule has 0 radical (unpaired) electrons. The highest BCUT2D eigenvalue weighted by atomic mass is 35.5. The van der Waals surface area contributed by atoms with Crippen LogP contribution in [-0.4, -0.2) is 33.5 Å². The van der Waals surface area contributed by atoms with Gasteiger partial charge in [-0.2, -0.15) is 4.98 Å². The second-order valence-electron chi connectivity index (χ2n) is 7.71. The lowest BCUT2D eigenvalue weighted by molar-refractivity contribution is -0.137. The zero-order valence-electron chi connectivity index (χ0n) is 15.6. The second kappa shape index (κ2) is 8.42. The van der Waals surface area contributed by atoms with E-state index in [1.807, 2.05) is 24.3 Å². The summed E-state index contributed by atoms with van der Waals surface area (Å²) in [6.07, 6.45) is 9.46. The number of carbonyl (C=O) groups excluding carboxylic acids is 1. The van der Waals surface area contributed by atoms with Crippen molar-refractivity contribution in [2.75, 3.05) is 6.54 Å². The first-order valence-electron chi connectivity index (χ1n) is 10.1. The summed E-state index contributed by atoms with van der Waals surface area (Å²) in [6.45, 7) is 0.932. The van der Waals surface area contributed by atoms with Crippen molar-refractivity contribution in [3.05, 3.63) is 35.2 Å². The molecule has 2 aromatic rings. The van der Waals surface area contributed by atoms with Crippen molar-refractivity contribution in [2.45, 2.75) is 63.8 Å². The number of aryl methyl sites for hydroxylation is 1. The van der Waals surface area contributed by atoms with Crippen LogP contribution in [0, 0.1) is 5.92 Å². The quantitative estimate of drug-likeness (QED) is 0.732. The first-order valence-corrected chi connectivity index (χ1v) is 10.5. The third kappa shape index (κ3) is 4.34. The average Bonchev–Trinajstić information content (AvgIpc) is 3.17. The van der Waals surface area contributed by atoms with Gasteiger partial charge in [-0.05, 0) is 62.3 Å². The number of piperidine rings is 1. The molecule has 1 amide bonds. The van der Waals surface area contributed by atoms with Crippen LogP contribution in [0.3, 0.4) is 0 Å². The summed E-state index contributed by atoms with van der Waals surface area (Å²) in [5, 5.41) is 4.71. The predicted octanol–water partition coefficient (Wildman–Crippen LogP) is 4.89. The van der Waals surface area contributed by atoms with Crippen LogP contribution in [0.2, 0.25) is 5.02 Å². The van der Waals surface area contributed by atoms with E-state index in [1.54, 1.807) is 0 Å². The number of hydrogen-bond donors (Lipinski definition) is 0. The molecule has 0 N–H and O–H groups in total. The first-order chi connectivity index (χ1) is 13.2. The summed E-state index contributed by atoms with van der Waals surface area (Å²) in [6, 6.07) is 7.85.